The molecule has 4 rings (SSSR count). The van der Waals surface area contributed by atoms with Crippen LogP contribution in [0, 0.1) is 10.8 Å². The van der Waals surface area contributed by atoms with Crippen molar-refractivity contribution in [2.45, 2.75) is 61.3 Å². The van der Waals surface area contributed by atoms with Crippen molar-refractivity contribution >= 4 is 76.9 Å². The molecule has 0 aliphatic carbocycles. The molecule has 0 amide bonds. The maximum Gasteiger partial charge on any atom is 0.345 e. The van der Waals surface area contributed by atoms with Crippen LogP contribution in [0.15, 0.2) is 83.9 Å². The molecule has 16 heteroatoms. The van der Waals surface area contributed by atoms with Crippen LogP contribution in [-0.4, -0.2) is 74.8 Å². The summed E-state index contributed by atoms with van der Waals surface area (Å²) < 4.78 is 16.2. The number of carbonyl (C=O) groups excluding carboxylic acids is 3. The minimum atomic E-state index is -1.57. The van der Waals surface area contributed by atoms with Crippen LogP contribution in [0.25, 0.3) is 12.2 Å². The van der Waals surface area contributed by atoms with E-state index < -0.39 is 35.4 Å². The lowest BCUT2D eigenvalue weighted by molar-refractivity contribution is -0.150. The number of rotatable bonds is 18. The molecule has 0 aliphatic rings. The predicted molar refractivity (Wildman–Crippen MR) is 226 cm³/mol. The van der Waals surface area contributed by atoms with Crippen molar-refractivity contribution in [1.29, 1.82) is 0 Å². The molecular weight excluding hydrogens is 773 g/mol. The third-order valence-corrected chi connectivity index (χ3v) is 7.87. The highest BCUT2D eigenvalue weighted by Gasteiger charge is 2.25. The summed E-state index contributed by atoms with van der Waals surface area (Å²) in [7, 11) is 0. The normalized spacial score (nSPS) is 11.1. The van der Waals surface area contributed by atoms with Gasteiger partial charge in [0.25, 0.3) is 0 Å². The number of esters is 3. The molecule has 0 bridgehead atoms. The first-order chi connectivity index (χ1) is 28.3. The number of hydrogen-bond donors (Lipinski definition) is 5. The Kier molecular flexibility index (Phi) is 15.6. The van der Waals surface area contributed by atoms with Gasteiger partial charge in [0.1, 0.15) is 11.1 Å². The van der Waals surface area contributed by atoms with Crippen LogP contribution in [0.5, 0.6) is 0 Å². The molecule has 60 heavy (non-hydrogen) atoms. The van der Waals surface area contributed by atoms with Gasteiger partial charge in [-0.3, -0.25) is 0 Å². The number of nitrogens with zero attached hydrogens (tertiary/aromatic N) is 3. The minimum Gasteiger partial charge on any atom is -0.477 e. The monoisotopic (exact) mass is 822 g/mol. The van der Waals surface area contributed by atoms with Crippen molar-refractivity contribution in [3.05, 3.63) is 101 Å². The summed E-state index contributed by atoms with van der Waals surface area (Å²) in [5, 5.41) is 27.7. The maximum atomic E-state index is 13.1. The zero-order valence-electron chi connectivity index (χ0n) is 34.6. The number of carboxylic acids is 2. The summed E-state index contributed by atoms with van der Waals surface area (Å²) >= 11 is 0. The minimum absolute atomic E-state index is 0.0953. The van der Waals surface area contributed by atoms with Gasteiger partial charge in [0.2, 0.25) is 17.8 Å². The molecule has 0 saturated carbocycles. The van der Waals surface area contributed by atoms with Crippen LogP contribution in [0.1, 0.15) is 82.8 Å². The number of unbranched alkanes of at least 4 members (excludes halogenated alkanes) is 1. The summed E-state index contributed by atoms with van der Waals surface area (Å²) in [5.41, 5.74) is 1.14. The van der Waals surface area contributed by atoms with E-state index in [4.69, 9.17) is 14.2 Å². The quantitative estimate of drug-likeness (QED) is 0.0159. The molecule has 3 aromatic carbocycles. The second-order valence-electron chi connectivity index (χ2n) is 16.0. The van der Waals surface area contributed by atoms with Gasteiger partial charge in [0, 0.05) is 17.1 Å². The van der Waals surface area contributed by atoms with Gasteiger partial charge >= 0.3 is 29.8 Å². The van der Waals surface area contributed by atoms with Gasteiger partial charge in [-0.1, -0.05) is 79.2 Å². The standard InChI is InChI=1S/C44H50N6O10/c1-8-9-22-58-37(55)29-14-20-32(21-15-29)47-42-49-40(45-30-16-10-27(11-17-30)23-33(35(51)52)36(53)54)48-41(50-42)46-31-18-12-28(13-19-31)24-34(38(56)59-25-43(2,3)4)39(57)60-26-44(5,6)7/h10-21,23-24H,8-9,22,25-26H2,1-7H3,(H,51,52)(H,53,54)(H3,45,46,47,48,49,50). The van der Waals surface area contributed by atoms with E-state index >= 15 is 0 Å². The van der Waals surface area contributed by atoms with E-state index in [9.17, 15) is 34.2 Å². The second kappa shape index (κ2) is 20.5. The number of aromatic nitrogens is 3. The zero-order valence-corrected chi connectivity index (χ0v) is 34.6. The molecule has 1 heterocycles. The topological polar surface area (TPSA) is 228 Å². The summed E-state index contributed by atoms with van der Waals surface area (Å²) in [6.45, 7) is 14.0. The Labute approximate surface area is 348 Å². The molecule has 0 unspecified atom stereocenters. The Morgan fingerprint density at radius 2 is 0.933 bits per heavy atom. The number of carboxylic acid groups (broad SMARTS) is 2. The van der Waals surface area contributed by atoms with Gasteiger partial charge < -0.3 is 40.4 Å². The molecule has 16 nitrogen and oxygen atoms in total. The van der Waals surface area contributed by atoms with Crippen molar-refractivity contribution in [3.63, 3.8) is 0 Å². The fourth-order valence-electron chi connectivity index (χ4n) is 4.81. The van der Waals surface area contributed by atoms with Crippen LogP contribution in [0.4, 0.5) is 34.9 Å². The summed E-state index contributed by atoms with van der Waals surface area (Å²) in [5.74, 6) is -4.84. The van der Waals surface area contributed by atoms with E-state index in [1.54, 1.807) is 60.7 Å². The van der Waals surface area contributed by atoms with E-state index in [0.29, 0.717) is 40.4 Å². The summed E-state index contributed by atoms with van der Waals surface area (Å²) in [4.78, 5) is 74.8. The van der Waals surface area contributed by atoms with Crippen molar-refractivity contribution in [3.8, 4) is 0 Å². The largest absolute Gasteiger partial charge is 0.477 e. The van der Waals surface area contributed by atoms with Crippen LogP contribution >= 0.6 is 0 Å². The Morgan fingerprint density at radius 1 is 0.567 bits per heavy atom. The molecule has 0 radical (unpaired) electrons. The maximum absolute atomic E-state index is 13.1. The van der Waals surface area contributed by atoms with E-state index in [2.05, 4.69) is 30.9 Å². The zero-order chi connectivity index (χ0) is 44.0. The first-order valence-corrected chi connectivity index (χ1v) is 19.1. The van der Waals surface area contributed by atoms with Crippen LogP contribution in [-0.2, 0) is 33.4 Å². The number of anilines is 6. The summed E-state index contributed by atoms with van der Waals surface area (Å²) in [6.07, 6.45) is 4.11. The highest BCUT2D eigenvalue weighted by Crippen LogP contribution is 2.24. The summed E-state index contributed by atoms with van der Waals surface area (Å²) in [6, 6.07) is 19.6. The van der Waals surface area contributed by atoms with Crippen molar-refractivity contribution < 1.29 is 48.4 Å². The molecule has 5 N–H and O–H groups in total. The lowest BCUT2D eigenvalue weighted by atomic mass is 9.98. The molecule has 0 atom stereocenters. The molecule has 0 aliphatic heterocycles. The van der Waals surface area contributed by atoms with E-state index in [0.717, 1.165) is 18.9 Å². The number of ether oxygens (including phenoxy) is 3. The molecule has 0 fully saturated rings. The average molecular weight is 823 g/mol. The average Bonchev–Trinajstić information content (AvgIpc) is 3.18. The molecule has 0 spiro atoms. The third-order valence-electron chi connectivity index (χ3n) is 7.87. The Hall–Kier alpha value is -7.10. The molecule has 0 saturated heterocycles. The van der Waals surface area contributed by atoms with E-state index in [1.807, 2.05) is 48.5 Å². The Bertz CT molecular complexity index is 2170. The van der Waals surface area contributed by atoms with E-state index in [-0.39, 0.29) is 47.5 Å². The first-order valence-electron chi connectivity index (χ1n) is 19.1. The van der Waals surface area contributed by atoms with Crippen molar-refractivity contribution in [2.75, 3.05) is 35.8 Å². The van der Waals surface area contributed by atoms with Gasteiger partial charge in [0.05, 0.1) is 25.4 Å². The smallest absolute Gasteiger partial charge is 0.345 e. The van der Waals surface area contributed by atoms with Gasteiger partial charge in [-0.05, 0) is 89.1 Å². The van der Waals surface area contributed by atoms with Gasteiger partial charge in [-0.25, -0.2) is 24.0 Å². The van der Waals surface area contributed by atoms with Crippen LogP contribution in [0.2, 0.25) is 0 Å². The van der Waals surface area contributed by atoms with Crippen LogP contribution < -0.4 is 16.0 Å². The lowest BCUT2D eigenvalue weighted by Crippen LogP contribution is -2.25. The Morgan fingerprint density at radius 3 is 1.28 bits per heavy atom. The fraction of sp³-hybridized carbons (Fsp3) is 0.318. The fourth-order valence-corrected chi connectivity index (χ4v) is 4.81. The first kappa shape index (κ1) is 45.6. The highest BCUT2D eigenvalue weighted by atomic mass is 16.6. The third kappa shape index (κ3) is 15.0. The van der Waals surface area contributed by atoms with E-state index in [1.165, 1.54) is 18.2 Å². The second-order valence-corrected chi connectivity index (χ2v) is 16.0. The number of aliphatic carboxylic acids is 2. The predicted octanol–water partition coefficient (Wildman–Crippen LogP) is 8.17. The van der Waals surface area contributed by atoms with Gasteiger partial charge in [0.15, 0.2) is 0 Å². The molecule has 1 aromatic heterocycles. The van der Waals surface area contributed by atoms with Gasteiger partial charge in [-0.2, -0.15) is 15.0 Å². The van der Waals surface area contributed by atoms with Crippen molar-refractivity contribution in [2.24, 2.45) is 10.8 Å². The Balaban J connectivity index is 1.62. The number of carbonyl (C=O) groups is 5. The lowest BCUT2D eigenvalue weighted by Gasteiger charge is -2.20. The number of hydrogen-bond acceptors (Lipinski definition) is 14. The number of benzene rings is 3. The van der Waals surface area contributed by atoms with Crippen molar-refractivity contribution in [1.82, 2.24) is 15.0 Å². The van der Waals surface area contributed by atoms with Gasteiger partial charge in [-0.15, -0.1) is 0 Å². The SMILES string of the molecule is CCCCOC(=O)c1ccc(Nc2nc(Nc3ccc(C=C(C(=O)O)C(=O)O)cc3)nc(Nc3ccc(C=C(C(=O)OCC(C)(C)C)C(=O)OCC(C)(C)C)cc3)n2)cc1. The molecule has 316 valence electrons. The molecule has 4 aromatic rings. The molecular formula is C44H50N6O10. The van der Waals surface area contributed by atoms with Crippen LogP contribution in [0.3, 0.4) is 0 Å². The number of nitrogens with one attached hydrogen (secondary N) is 3. The highest BCUT2D eigenvalue weighted by molar-refractivity contribution is 6.18.